The molecule has 0 heterocycles. The van der Waals surface area contributed by atoms with Crippen molar-refractivity contribution in [3.05, 3.63) is 64.1 Å². The topological polar surface area (TPSA) is 58.6 Å². The molecule has 7 heteroatoms. The molecule has 0 bridgehead atoms. The lowest BCUT2D eigenvalue weighted by molar-refractivity contribution is -0.143. The maximum atomic E-state index is 13.1. The predicted molar refractivity (Wildman–Crippen MR) is 121 cm³/mol. The van der Waals surface area contributed by atoms with Crippen LogP contribution in [0.1, 0.15) is 38.7 Å². The van der Waals surface area contributed by atoms with E-state index in [4.69, 9.17) is 27.9 Å². The number of rotatable bonds is 11. The lowest BCUT2D eigenvalue weighted by Gasteiger charge is -2.30. The molecule has 2 amide bonds. The Balaban J connectivity index is 2.15. The van der Waals surface area contributed by atoms with Crippen LogP contribution in [0.3, 0.4) is 0 Å². The summed E-state index contributed by atoms with van der Waals surface area (Å²) in [6.45, 7) is 4.67. The second-order valence-corrected chi connectivity index (χ2v) is 7.83. The number of carbonyl (C=O) groups excluding carboxylic acids is 2. The van der Waals surface area contributed by atoms with Crippen LogP contribution in [0.5, 0.6) is 5.75 Å². The second-order valence-electron chi connectivity index (χ2n) is 6.96. The van der Waals surface area contributed by atoms with Gasteiger partial charge in [-0.15, -0.1) is 0 Å². The SMILES string of the molecule is CCCCNC(=O)[C@@H](CC)N(Cc1ccc(Cl)cc1)C(=O)COc1ccc(Cl)cc1. The molecule has 162 valence electrons. The van der Waals surface area contributed by atoms with Gasteiger partial charge in [0.1, 0.15) is 11.8 Å². The van der Waals surface area contributed by atoms with E-state index in [1.165, 1.54) is 0 Å². The zero-order chi connectivity index (χ0) is 21.9. The summed E-state index contributed by atoms with van der Waals surface area (Å²) in [7, 11) is 0. The summed E-state index contributed by atoms with van der Waals surface area (Å²) < 4.78 is 5.63. The minimum Gasteiger partial charge on any atom is -0.484 e. The highest BCUT2D eigenvalue weighted by Crippen LogP contribution is 2.18. The fourth-order valence-corrected chi connectivity index (χ4v) is 3.22. The van der Waals surface area contributed by atoms with Crippen LogP contribution < -0.4 is 10.1 Å². The van der Waals surface area contributed by atoms with Crippen LogP contribution >= 0.6 is 23.2 Å². The molecule has 0 spiro atoms. The number of ether oxygens (including phenoxy) is 1. The van der Waals surface area contributed by atoms with Crippen molar-refractivity contribution in [1.82, 2.24) is 10.2 Å². The first kappa shape index (κ1) is 24.0. The van der Waals surface area contributed by atoms with Gasteiger partial charge in [-0.2, -0.15) is 0 Å². The third-order valence-corrected chi connectivity index (χ3v) is 5.16. The van der Waals surface area contributed by atoms with Gasteiger partial charge in [0, 0.05) is 23.1 Å². The van der Waals surface area contributed by atoms with Crippen molar-refractivity contribution in [2.45, 2.75) is 45.7 Å². The second kappa shape index (κ2) is 12.5. The normalized spacial score (nSPS) is 11.6. The Labute approximate surface area is 188 Å². The van der Waals surface area contributed by atoms with Crippen LogP contribution in [0.25, 0.3) is 0 Å². The van der Waals surface area contributed by atoms with E-state index < -0.39 is 6.04 Å². The predicted octanol–water partition coefficient (Wildman–Crippen LogP) is 5.10. The molecule has 0 aliphatic heterocycles. The zero-order valence-corrected chi connectivity index (χ0v) is 18.9. The van der Waals surface area contributed by atoms with Gasteiger partial charge in [-0.1, -0.05) is 55.6 Å². The van der Waals surface area contributed by atoms with Crippen molar-refractivity contribution < 1.29 is 14.3 Å². The van der Waals surface area contributed by atoms with E-state index >= 15 is 0 Å². The minimum atomic E-state index is -0.584. The standard InChI is InChI=1S/C23H28Cl2N2O3/c1-3-5-14-26-23(29)21(4-2)27(15-17-6-8-18(24)9-7-17)22(28)16-30-20-12-10-19(25)11-13-20/h6-13,21H,3-5,14-16H2,1-2H3,(H,26,29)/t21-/m1/s1. The lowest BCUT2D eigenvalue weighted by Crippen LogP contribution is -2.50. The maximum Gasteiger partial charge on any atom is 0.261 e. The van der Waals surface area contributed by atoms with Gasteiger partial charge in [0.05, 0.1) is 0 Å². The summed E-state index contributed by atoms with van der Waals surface area (Å²) in [6, 6.07) is 13.5. The monoisotopic (exact) mass is 450 g/mol. The van der Waals surface area contributed by atoms with E-state index in [0.717, 1.165) is 18.4 Å². The van der Waals surface area contributed by atoms with Gasteiger partial charge < -0.3 is 15.0 Å². The number of carbonyl (C=O) groups is 2. The molecule has 2 rings (SSSR count). The molecule has 0 aliphatic carbocycles. The number of unbranched alkanes of at least 4 members (excludes halogenated alkanes) is 1. The Morgan fingerprint density at radius 3 is 2.17 bits per heavy atom. The quantitative estimate of drug-likeness (QED) is 0.484. The number of halogens is 2. The molecule has 0 unspecified atom stereocenters. The first-order chi connectivity index (χ1) is 14.4. The Kier molecular flexibility index (Phi) is 9.98. The number of benzene rings is 2. The molecule has 0 saturated carbocycles. The summed E-state index contributed by atoms with van der Waals surface area (Å²) in [6.07, 6.45) is 2.38. The van der Waals surface area contributed by atoms with E-state index in [1.54, 1.807) is 41.3 Å². The number of hydrogen-bond acceptors (Lipinski definition) is 3. The summed E-state index contributed by atoms with van der Waals surface area (Å²) in [4.78, 5) is 27.4. The zero-order valence-electron chi connectivity index (χ0n) is 17.4. The molecular formula is C23H28Cl2N2O3. The molecule has 0 aliphatic rings. The van der Waals surface area contributed by atoms with Crippen molar-refractivity contribution in [3.63, 3.8) is 0 Å². The maximum absolute atomic E-state index is 13.1. The van der Waals surface area contributed by atoms with Gasteiger partial charge >= 0.3 is 0 Å². The van der Waals surface area contributed by atoms with Gasteiger partial charge in [0.2, 0.25) is 5.91 Å². The van der Waals surface area contributed by atoms with E-state index in [9.17, 15) is 9.59 Å². The van der Waals surface area contributed by atoms with E-state index in [-0.39, 0.29) is 18.4 Å². The van der Waals surface area contributed by atoms with Gasteiger partial charge in [-0.3, -0.25) is 9.59 Å². The fraction of sp³-hybridized carbons (Fsp3) is 0.391. The first-order valence-corrected chi connectivity index (χ1v) is 10.9. The van der Waals surface area contributed by atoms with Crippen LogP contribution in [0.4, 0.5) is 0 Å². The van der Waals surface area contributed by atoms with Crippen molar-refractivity contribution in [2.24, 2.45) is 0 Å². The van der Waals surface area contributed by atoms with Crippen LogP contribution in [0.2, 0.25) is 10.0 Å². The van der Waals surface area contributed by atoms with Crippen LogP contribution in [0.15, 0.2) is 48.5 Å². The number of nitrogens with one attached hydrogen (secondary N) is 1. The Hall–Kier alpha value is -2.24. The van der Waals surface area contributed by atoms with Crippen LogP contribution in [-0.2, 0) is 16.1 Å². The van der Waals surface area contributed by atoms with Crippen molar-refractivity contribution >= 4 is 35.0 Å². The highest BCUT2D eigenvalue weighted by molar-refractivity contribution is 6.30. The summed E-state index contributed by atoms with van der Waals surface area (Å²) in [5, 5.41) is 4.14. The highest BCUT2D eigenvalue weighted by Gasteiger charge is 2.28. The van der Waals surface area contributed by atoms with Gasteiger partial charge in [-0.25, -0.2) is 0 Å². The summed E-state index contributed by atoms with van der Waals surface area (Å²) >= 11 is 11.9. The molecule has 0 radical (unpaired) electrons. The lowest BCUT2D eigenvalue weighted by atomic mass is 10.1. The van der Waals surface area contributed by atoms with Crippen molar-refractivity contribution in [1.29, 1.82) is 0 Å². The molecule has 0 aromatic heterocycles. The molecule has 0 saturated heterocycles. The third kappa shape index (κ3) is 7.54. The van der Waals surface area contributed by atoms with Gasteiger partial charge in [0.25, 0.3) is 5.91 Å². The molecule has 1 N–H and O–H groups in total. The van der Waals surface area contributed by atoms with Gasteiger partial charge in [-0.05, 0) is 54.8 Å². The molecule has 2 aromatic carbocycles. The molecule has 30 heavy (non-hydrogen) atoms. The van der Waals surface area contributed by atoms with Crippen molar-refractivity contribution in [3.8, 4) is 5.75 Å². The Morgan fingerprint density at radius 2 is 1.60 bits per heavy atom. The van der Waals surface area contributed by atoms with Gasteiger partial charge in [0.15, 0.2) is 6.61 Å². The fourth-order valence-electron chi connectivity index (χ4n) is 2.97. The molecule has 1 atom stereocenters. The largest absolute Gasteiger partial charge is 0.484 e. The third-order valence-electron chi connectivity index (χ3n) is 4.66. The molecule has 2 aromatic rings. The van der Waals surface area contributed by atoms with E-state index in [2.05, 4.69) is 12.2 Å². The van der Waals surface area contributed by atoms with Crippen molar-refractivity contribution in [2.75, 3.05) is 13.2 Å². The average molecular weight is 451 g/mol. The average Bonchev–Trinajstić information content (AvgIpc) is 2.74. The number of nitrogens with zero attached hydrogens (tertiary/aromatic N) is 1. The number of amides is 2. The Morgan fingerprint density at radius 1 is 1.00 bits per heavy atom. The first-order valence-electron chi connectivity index (χ1n) is 10.1. The smallest absolute Gasteiger partial charge is 0.261 e. The minimum absolute atomic E-state index is 0.153. The molecule has 5 nitrogen and oxygen atoms in total. The summed E-state index contributed by atoms with van der Waals surface area (Å²) in [5.41, 5.74) is 0.888. The van der Waals surface area contributed by atoms with Crippen LogP contribution in [0, 0.1) is 0 Å². The van der Waals surface area contributed by atoms with Crippen LogP contribution in [-0.4, -0.2) is 35.9 Å². The molecular weight excluding hydrogens is 423 g/mol. The van der Waals surface area contributed by atoms with E-state index in [1.807, 2.05) is 19.1 Å². The Bertz CT molecular complexity index is 810. The molecule has 0 fully saturated rings. The number of hydrogen-bond donors (Lipinski definition) is 1. The van der Waals surface area contributed by atoms with E-state index in [0.29, 0.717) is 35.3 Å². The highest BCUT2D eigenvalue weighted by atomic mass is 35.5. The summed E-state index contributed by atoms with van der Waals surface area (Å²) in [5.74, 6) is 0.122.